The molecule has 0 saturated heterocycles. The Morgan fingerprint density at radius 3 is 2.25 bits per heavy atom. The molecule has 0 aliphatic heterocycles. The van der Waals surface area contributed by atoms with Crippen molar-refractivity contribution in [2.75, 3.05) is 0 Å². The molecule has 0 saturated carbocycles. The molecule has 0 bridgehead atoms. The predicted octanol–water partition coefficient (Wildman–Crippen LogP) is 1.90. The highest BCUT2D eigenvalue weighted by Crippen LogP contribution is 2.08. The van der Waals surface area contributed by atoms with Gasteiger partial charge in [0.2, 0.25) is 0 Å². The van der Waals surface area contributed by atoms with E-state index >= 15 is 0 Å². The van der Waals surface area contributed by atoms with Crippen LogP contribution in [0.5, 0.6) is 0 Å². The summed E-state index contributed by atoms with van der Waals surface area (Å²) in [4.78, 5) is 0. The van der Waals surface area contributed by atoms with Crippen molar-refractivity contribution in [2.24, 2.45) is 17.4 Å². The SMILES string of the molecule is C\C(N)=C/C=C\C(=C/N)C(C)C. The standard InChI is InChI=1S/C10H18N2/c1-8(2)10(7-11)6-4-5-9(3)12/h4-8H,11-12H2,1-3H3/b6-4-,9-5+,10-7+. The van der Waals surface area contributed by atoms with Gasteiger partial charge < -0.3 is 11.5 Å². The molecule has 0 atom stereocenters. The lowest BCUT2D eigenvalue weighted by molar-refractivity contribution is 0.788. The first-order valence-electron chi connectivity index (χ1n) is 4.10. The predicted molar refractivity (Wildman–Crippen MR) is 54.2 cm³/mol. The normalized spacial score (nSPS) is 14.7. The number of rotatable bonds is 3. The van der Waals surface area contributed by atoms with E-state index in [4.69, 9.17) is 11.5 Å². The molecule has 0 heterocycles. The van der Waals surface area contributed by atoms with Crippen LogP contribution in [0.2, 0.25) is 0 Å². The van der Waals surface area contributed by atoms with Crippen molar-refractivity contribution in [1.82, 2.24) is 0 Å². The zero-order chi connectivity index (χ0) is 9.56. The summed E-state index contributed by atoms with van der Waals surface area (Å²) >= 11 is 0. The molecular weight excluding hydrogens is 148 g/mol. The third-order valence-electron chi connectivity index (χ3n) is 1.51. The van der Waals surface area contributed by atoms with Crippen LogP contribution in [0.15, 0.2) is 35.7 Å². The highest BCUT2D eigenvalue weighted by Gasteiger charge is 1.95. The minimum atomic E-state index is 0.456. The van der Waals surface area contributed by atoms with Crippen LogP contribution >= 0.6 is 0 Å². The largest absolute Gasteiger partial charge is 0.404 e. The average molecular weight is 166 g/mol. The Labute approximate surface area is 74.6 Å². The molecule has 0 aromatic heterocycles. The van der Waals surface area contributed by atoms with E-state index in [0.29, 0.717) is 5.92 Å². The lowest BCUT2D eigenvalue weighted by Crippen LogP contribution is -1.94. The van der Waals surface area contributed by atoms with Gasteiger partial charge in [-0.25, -0.2) is 0 Å². The molecule has 0 aromatic carbocycles. The number of nitrogens with two attached hydrogens (primary N) is 2. The van der Waals surface area contributed by atoms with Crippen LogP contribution in [0.25, 0.3) is 0 Å². The molecule has 0 radical (unpaired) electrons. The molecule has 0 aromatic rings. The Hall–Kier alpha value is -1.18. The maximum Gasteiger partial charge on any atom is 0.00488 e. The molecule has 0 spiro atoms. The topological polar surface area (TPSA) is 52.0 Å². The molecule has 0 aliphatic carbocycles. The minimum absolute atomic E-state index is 0.456. The molecule has 0 amide bonds. The van der Waals surface area contributed by atoms with Crippen molar-refractivity contribution in [1.29, 1.82) is 0 Å². The third kappa shape index (κ3) is 4.61. The summed E-state index contributed by atoms with van der Waals surface area (Å²) in [7, 11) is 0. The fraction of sp³-hybridized carbons (Fsp3) is 0.400. The summed E-state index contributed by atoms with van der Waals surface area (Å²) in [5.74, 6) is 0.456. The first-order chi connectivity index (χ1) is 5.57. The first-order valence-corrected chi connectivity index (χ1v) is 4.10. The van der Waals surface area contributed by atoms with E-state index in [9.17, 15) is 0 Å². The van der Waals surface area contributed by atoms with E-state index in [1.165, 1.54) is 0 Å². The second kappa shape index (κ2) is 5.47. The van der Waals surface area contributed by atoms with Gasteiger partial charge in [0.15, 0.2) is 0 Å². The quantitative estimate of drug-likeness (QED) is 0.629. The van der Waals surface area contributed by atoms with E-state index in [2.05, 4.69) is 13.8 Å². The second-order valence-corrected chi connectivity index (χ2v) is 3.09. The van der Waals surface area contributed by atoms with Crippen molar-refractivity contribution in [3.63, 3.8) is 0 Å². The maximum absolute atomic E-state index is 5.46. The fourth-order valence-electron chi connectivity index (χ4n) is 0.751. The molecule has 4 N–H and O–H groups in total. The van der Waals surface area contributed by atoms with Crippen LogP contribution in [0, 0.1) is 5.92 Å². The number of allylic oxidation sites excluding steroid dienone is 5. The van der Waals surface area contributed by atoms with E-state index in [1.54, 1.807) is 6.20 Å². The van der Waals surface area contributed by atoms with Crippen LogP contribution in [0.4, 0.5) is 0 Å². The van der Waals surface area contributed by atoms with Crippen molar-refractivity contribution in [2.45, 2.75) is 20.8 Å². The molecule has 2 nitrogen and oxygen atoms in total. The van der Waals surface area contributed by atoms with Gasteiger partial charge >= 0.3 is 0 Å². The van der Waals surface area contributed by atoms with Gasteiger partial charge in [-0.3, -0.25) is 0 Å². The Morgan fingerprint density at radius 2 is 1.92 bits per heavy atom. The van der Waals surface area contributed by atoms with Crippen molar-refractivity contribution in [3.8, 4) is 0 Å². The van der Waals surface area contributed by atoms with Crippen molar-refractivity contribution >= 4 is 0 Å². The van der Waals surface area contributed by atoms with Crippen LogP contribution in [-0.2, 0) is 0 Å². The number of hydrogen-bond acceptors (Lipinski definition) is 2. The lowest BCUT2D eigenvalue weighted by Gasteiger charge is -2.03. The fourth-order valence-corrected chi connectivity index (χ4v) is 0.751. The van der Waals surface area contributed by atoms with Crippen molar-refractivity contribution in [3.05, 3.63) is 35.7 Å². The molecule has 0 rings (SSSR count). The van der Waals surface area contributed by atoms with Gasteiger partial charge in [-0.05, 0) is 30.7 Å². The summed E-state index contributed by atoms with van der Waals surface area (Å²) in [6.45, 7) is 6.05. The summed E-state index contributed by atoms with van der Waals surface area (Å²) in [5, 5.41) is 0. The molecule has 68 valence electrons. The molecule has 0 fully saturated rings. The Bertz CT molecular complexity index is 206. The van der Waals surface area contributed by atoms with E-state index in [0.717, 1.165) is 11.3 Å². The summed E-state index contributed by atoms with van der Waals surface area (Å²) in [5.41, 5.74) is 12.8. The molecule has 2 heteroatoms. The lowest BCUT2D eigenvalue weighted by atomic mass is 10.0. The van der Waals surface area contributed by atoms with Crippen LogP contribution in [0.1, 0.15) is 20.8 Å². The molecule has 12 heavy (non-hydrogen) atoms. The van der Waals surface area contributed by atoms with Gasteiger partial charge in [0.1, 0.15) is 0 Å². The van der Waals surface area contributed by atoms with Crippen molar-refractivity contribution < 1.29 is 0 Å². The monoisotopic (exact) mass is 166 g/mol. The average Bonchev–Trinajstić information content (AvgIpc) is 1.96. The van der Waals surface area contributed by atoms with Gasteiger partial charge in [0.25, 0.3) is 0 Å². The van der Waals surface area contributed by atoms with E-state index < -0.39 is 0 Å². The van der Waals surface area contributed by atoms with Crippen LogP contribution in [0.3, 0.4) is 0 Å². The highest BCUT2D eigenvalue weighted by atomic mass is 14.5. The highest BCUT2D eigenvalue weighted by molar-refractivity contribution is 5.23. The zero-order valence-electron chi connectivity index (χ0n) is 8.04. The Balaban J connectivity index is 4.23. The first kappa shape index (κ1) is 10.8. The summed E-state index contributed by atoms with van der Waals surface area (Å²) in [6, 6.07) is 0. The van der Waals surface area contributed by atoms with Crippen LogP contribution < -0.4 is 11.5 Å². The second-order valence-electron chi connectivity index (χ2n) is 3.09. The Kier molecular flexibility index (Phi) is 4.93. The molecule has 0 unspecified atom stereocenters. The summed E-state index contributed by atoms with van der Waals surface area (Å²) in [6.07, 6.45) is 7.36. The van der Waals surface area contributed by atoms with Gasteiger partial charge in [-0.15, -0.1) is 0 Å². The Morgan fingerprint density at radius 1 is 1.33 bits per heavy atom. The van der Waals surface area contributed by atoms with Gasteiger partial charge in [0, 0.05) is 5.70 Å². The van der Waals surface area contributed by atoms with Gasteiger partial charge in [-0.2, -0.15) is 0 Å². The maximum atomic E-state index is 5.46. The smallest absolute Gasteiger partial charge is 0.00488 e. The third-order valence-corrected chi connectivity index (χ3v) is 1.51. The van der Waals surface area contributed by atoms with E-state index in [-0.39, 0.29) is 0 Å². The summed E-state index contributed by atoms with van der Waals surface area (Å²) < 4.78 is 0. The number of hydrogen-bond donors (Lipinski definition) is 2. The molecular formula is C10H18N2. The van der Waals surface area contributed by atoms with Gasteiger partial charge in [-0.1, -0.05) is 26.0 Å². The van der Waals surface area contributed by atoms with Gasteiger partial charge in [0.05, 0.1) is 0 Å². The molecule has 0 aliphatic rings. The minimum Gasteiger partial charge on any atom is -0.404 e. The van der Waals surface area contributed by atoms with Crippen LogP contribution in [-0.4, -0.2) is 0 Å². The zero-order valence-corrected chi connectivity index (χ0v) is 8.04. The van der Waals surface area contributed by atoms with E-state index in [1.807, 2.05) is 25.2 Å².